The van der Waals surface area contributed by atoms with Crippen LogP contribution in [-0.4, -0.2) is 25.1 Å². The molecule has 0 atom stereocenters. The molecule has 0 aliphatic rings. The highest BCUT2D eigenvalue weighted by molar-refractivity contribution is 5.44. The van der Waals surface area contributed by atoms with Gasteiger partial charge >= 0.3 is 0 Å². The quantitative estimate of drug-likeness (QED) is 0.260. The van der Waals surface area contributed by atoms with Gasteiger partial charge in [0, 0.05) is 0 Å². The topological polar surface area (TPSA) is 30.0 Å². The van der Waals surface area contributed by atoms with Crippen LogP contribution in [0, 0.1) is 6.92 Å². The first kappa shape index (κ1) is 24.1. The Hall–Kier alpha value is -0.860. The SMILES string of the molecule is CCCCCCCCCC[N+](CCC)(CCC)c1ccc(C)cc1.[OH-]. The van der Waals surface area contributed by atoms with Gasteiger partial charge in [-0.2, -0.15) is 0 Å². The van der Waals surface area contributed by atoms with Crippen LogP contribution >= 0.6 is 0 Å². The van der Waals surface area contributed by atoms with Gasteiger partial charge in [0.1, 0.15) is 5.69 Å². The third kappa shape index (κ3) is 8.87. The van der Waals surface area contributed by atoms with E-state index in [1.54, 1.807) is 0 Å². The maximum absolute atomic E-state index is 2.38. The number of nitrogens with zero attached hydrogens (tertiary/aromatic N) is 1. The van der Waals surface area contributed by atoms with Crippen molar-refractivity contribution in [3.8, 4) is 0 Å². The van der Waals surface area contributed by atoms with Crippen molar-refractivity contribution in [1.29, 1.82) is 0 Å². The fourth-order valence-corrected chi connectivity index (χ4v) is 3.99. The first-order valence-corrected chi connectivity index (χ1v) is 10.6. The van der Waals surface area contributed by atoms with Gasteiger partial charge in [0.2, 0.25) is 0 Å². The standard InChI is InChI=1S/C23H42N.H2O/c1-5-8-9-10-11-12-13-14-21-24(19-6-2,20-7-3)23-17-15-22(4)16-18-23;/h15-18H,5-14,19-21H2,1-4H3;1H2/q+1;/p-1. The highest BCUT2D eigenvalue weighted by atomic mass is 16.0. The highest BCUT2D eigenvalue weighted by Gasteiger charge is 2.27. The zero-order valence-corrected chi connectivity index (χ0v) is 17.4. The van der Waals surface area contributed by atoms with Crippen LogP contribution in [-0.2, 0) is 0 Å². The minimum Gasteiger partial charge on any atom is -0.870 e. The van der Waals surface area contributed by atoms with Crippen molar-refractivity contribution in [1.82, 2.24) is 4.48 Å². The average Bonchev–Trinajstić information content (AvgIpc) is 2.58. The number of hydrogen-bond acceptors (Lipinski definition) is 1. The lowest BCUT2D eigenvalue weighted by molar-refractivity contribution is 0.265. The molecule has 1 aromatic carbocycles. The van der Waals surface area contributed by atoms with Crippen LogP contribution in [0.1, 0.15) is 90.5 Å². The van der Waals surface area contributed by atoms with Crippen LogP contribution in [0.4, 0.5) is 5.69 Å². The van der Waals surface area contributed by atoms with Crippen molar-refractivity contribution in [2.75, 3.05) is 19.6 Å². The normalized spacial score (nSPS) is 11.4. The van der Waals surface area contributed by atoms with E-state index in [1.807, 2.05) is 0 Å². The summed E-state index contributed by atoms with van der Waals surface area (Å²) in [7, 11) is 0. The molecule has 1 aromatic rings. The molecule has 0 radical (unpaired) electrons. The Labute approximate surface area is 157 Å². The second kappa shape index (κ2) is 14.3. The molecule has 0 unspecified atom stereocenters. The Morgan fingerprint density at radius 2 is 1.08 bits per heavy atom. The number of aryl methyl sites for hydroxylation is 1. The minimum atomic E-state index is 0. The lowest BCUT2D eigenvalue weighted by Gasteiger charge is -2.38. The van der Waals surface area contributed by atoms with Crippen LogP contribution in [0.3, 0.4) is 0 Å². The van der Waals surface area contributed by atoms with Gasteiger partial charge in [-0.05, 0) is 44.7 Å². The van der Waals surface area contributed by atoms with Gasteiger partial charge in [-0.25, -0.2) is 0 Å². The van der Waals surface area contributed by atoms with Crippen LogP contribution in [0.15, 0.2) is 24.3 Å². The molecule has 146 valence electrons. The molecular weight excluding hydrogens is 306 g/mol. The molecule has 2 nitrogen and oxygen atoms in total. The van der Waals surface area contributed by atoms with Crippen LogP contribution in [0.25, 0.3) is 0 Å². The zero-order valence-electron chi connectivity index (χ0n) is 17.4. The summed E-state index contributed by atoms with van der Waals surface area (Å²) < 4.78 is 1.20. The van der Waals surface area contributed by atoms with E-state index >= 15 is 0 Å². The molecule has 0 saturated carbocycles. The third-order valence-corrected chi connectivity index (χ3v) is 5.32. The van der Waals surface area contributed by atoms with Crippen molar-refractivity contribution < 1.29 is 5.48 Å². The summed E-state index contributed by atoms with van der Waals surface area (Å²) in [5, 5.41) is 0. The molecular formula is C23H43NO. The van der Waals surface area contributed by atoms with Gasteiger partial charge in [-0.15, -0.1) is 0 Å². The first-order chi connectivity index (χ1) is 11.7. The maximum Gasteiger partial charge on any atom is 0.132 e. The summed E-state index contributed by atoms with van der Waals surface area (Å²) in [6.45, 7) is 13.1. The average molecular weight is 350 g/mol. The van der Waals surface area contributed by atoms with Crippen LogP contribution in [0.2, 0.25) is 0 Å². The number of quaternary nitrogens is 1. The van der Waals surface area contributed by atoms with Crippen molar-refractivity contribution in [2.24, 2.45) is 0 Å². The lowest BCUT2D eigenvalue weighted by Crippen LogP contribution is -2.51. The molecule has 0 aliphatic carbocycles. The summed E-state index contributed by atoms with van der Waals surface area (Å²) in [6.07, 6.45) is 13.8. The molecule has 0 aromatic heterocycles. The highest BCUT2D eigenvalue weighted by Crippen LogP contribution is 2.26. The Bertz CT molecular complexity index is 407. The van der Waals surface area contributed by atoms with Crippen molar-refractivity contribution in [3.63, 3.8) is 0 Å². The summed E-state index contributed by atoms with van der Waals surface area (Å²) in [5.74, 6) is 0. The van der Waals surface area contributed by atoms with Crippen molar-refractivity contribution in [2.45, 2.75) is 91.9 Å². The Balaban J connectivity index is 0.00000576. The minimum absolute atomic E-state index is 0. The molecule has 25 heavy (non-hydrogen) atoms. The summed E-state index contributed by atoms with van der Waals surface area (Å²) in [6, 6.07) is 9.35. The first-order valence-electron chi connectivity index (χ1n) is 10.6. The fraction of sp³-hybridized carbons (Fsp3) is 0.739. The molecule has 0 fully saturated rings. The van der Waals surface area contributed by atoms with Crippen molar-refractivity contribution in [3.05, 3.63) is 29.8 Å². The summed E-state index contributed by atoms with van der Waals surface area (Å²) in [5.41, 5.74) is 2.91. The van der Waals surface area contributed by atoms with E-state index in [-0.39, 0.29) is 5.48 Å². The fourth-order valence-electron chi connectivity index (χ4n) is 3.99. The van der Waals surface area contributed by atoms with Gasteiger partial charge in [0.25, 0.3) is 0 Å². The van der Waals surface area contributed by atoms with E-state index in [0.29, 0.717) is 0 Å². The largest absolute Gasteiger partial charge is 0.870 e. The number of unbranched alkanes of at least 4 members (excludes halogenated alkanes) is 7. The van der Waals surface area contributed by atoms with E-state index in [2.05, 4.69) is 52.0 Å². The van der Waals surface area contributed by atoms with Gasteiger partial charge in [-0.3, -0.25) is 4.48 Å². The molecule has 0 bridgehead atoms. The van der Waals surface area contributed by atoms with E-state index in [1.165, 1.54) is 99.6 Å². The molecule has 2 heteroatoms. The molecule has 1 rings (SSSR count). The predicted octanol–water partition coefficient (Wildman–Crippen LogP) is 7.09. The molecule has 0 saturated heterocycles. The number of benzene rings is 1. The monoisotopic (exact) mass is 349 g/mol. The Kier molecular flexibility index (Phi) is 13.8. The Morgan fingerprint density at radius 3 is 1.56 bits per heavy atom. The van der Waals surface area contributed by atoms with Crippen LogP contribution in [0.5, 0.6) is 0 Å². The molecule has 0 spiro atoms. The molecule has 0 aliphatic heterocycles. The van der Waals surface area contributed by atoms with Gasteiger partial charge in [-0.1, -0.05) is 77.0 Å². The van der Waals surface area contributed by atoms with Gasteiger partial charge < -0.3 is 5.48 Å². The van der Waals surface area contributed by atoms with Crippen LogP contribution < -0.4 is 4.48 Å². The van der Waals surface area contributed by atoms with Crippen molar-refractivity contribution >= 4 is 5.69 Å². The maximum atomic E-state index is 2.38. The second-order valence-corrected chi connectivity index (χ2v) is 7.63. The second-order valence-electron chi connectivity index (χ2n) is 7.63. The third-order valence-electron chi connectivity index (χ3n) is 5.32. The van der Waals surface area contributed by atoms with E-state index in [0.717, 1.165) is 0 Å². The zero-order chi connectivity index (χ0) is 17.7. The summed E-state index contributed by atoms with van der Waals surface area (Å²) in [4.78, 5) is 0. The number of rotatable bonds is 14. The Morgan fingerprint density at radius 1 is 0.600 bits per heavy atom. The van der Waals surface area contributed by atoms with E-state index in [9.17, 15) is 0 Å². The molecule has 0 amide bonds. The van der Waals surface area contributed by atoms with E-state index < -0.39 is 0 Å². The summed E-state index contributed by atoms with van der Waals surface area (Å²) >= 11 is 0. The van der Waals surface area contributed by atoms with Gasteiger partial charge in [0.05, 0.1) is 19.6 Å². The number of hydrogen-bond donors (Lipinski definition) is 0. The van der Waals surface area contributed by atoms with Gasteiger partial charge in [0.15, 0.2) is 0 Å². The van der Waals surface area contributed by atoms with E-state index in [4.69, 9.17) is 0 Å². The molecule has 0 heterocycles. The molecule has 1 N–H and O–H groups in total. The smallest absolute Gasteiger partial charge is 0.132 e. The predicted molar refractivity (Wildman–Crippen MR) is 113 cm³/mol. The lowest BCUT2D eigenvalue weighted by atomic mass is 10.1.